The van der Waals surface area contributed by atoms with E-state index in [9.17, 15) is 0 Å². The third-order valence-electron chi connectivity index (χ3n) is 3.66. The standard InChI is InChI=1S/C16H21ClO/c1-16(2,3)12-4-8-14(9-5-12)18-15-10-6-13(17)7-11-15/h6-8,10-12H,4-5,9H2,1-3H3. The first-order chi connectivity index (χ1) is 8.45. The van der Waals surface area contributed by atoms with Crippen molar-refractivity contribution in [2.45, 2.75) is 40.0 Å². The van der Waals surface area contributed by atoms with Gasteiger partial charge in [-0.3, -0.25) is 0 Å². The van der Waals surface area contributed by atoms with Crippen molar-refractivity contribution in [3.8, 4) is 5.75 Å². The fourth-order valence-electron chi connectivity index (χ4n) is 2.34. The van der Waals surface area contributed by atoms with Crippen LogP contribution in [0.1, 0.15) is 40.0 Å². The lowest BCUT2D eigenvalue weighted by molar-refractivity contribution is 0.206. The summed E-state index contributed by atoms with van der Waals surface area (Å²) in [7, 11) is 0. The minimum Gasteiger partial charge on any atom is -0.462 e. The summed E-state index contributed by atoms with van der Waals surface area (Å²) in [5.41, 5.74) is 0.391. The summed E-state index contributed by atoms with van der Waals surface area (Å²) in [6.45, 7) is 6.95. The van der Waals surface area contributed by atoms with Crippen LogP contribution in [0.3, 0.4) is 0 Å². The number of rotatable bonds is 2. The van der Waals surface area contributed by atoms with E-state index < -0.39 is 0 Å². The summed E-state index contributed by atoms with van der Waals surface area (Å²) in [6.07, 6.45) is 5.61. The number of halogens is 1. The summed E-state index contributed by atoms with van der Waals surface area (Å²) in [5, 5.41) is 0.743. The molecule has 1 atom stereocenters. The summed E-state index contributed by atoms with van der Waals surface area (Å²) >= 11 is 5.85. The maximum Gasteiger partial charge on any atom is 0.127 e. The van der Waals surface area contributed by atoms with Crippen molar-refractivity contribution in [1.82, 2.24) is 0 Å². The molecule has 2 heteroatoms. The lowest BCUT2D eigenvalue weighted by Gasteiger charge is -2.33. The maximum atomic E-state index is 5.87. The van der Waals surface area contributed by atoms with Crippen LogP contribution in [0.5, 0.6) is 5.75 Å². The van der Waals surface area contributed by atoms with E-state index in [-0.39, 0.29) is 0 Å². The van der Waals surface area contributed by atoms with Gasteiger partial charge in [0.2, 0.25) is 0 Å². The van der Waals surface area contributed by atoms with Crippen LogP contribution in [0.4, 0.5) is 0 Å². The quantitative estimate of drug-likeness (QED) is 0.690. The monoisotopic (exact) mass is 264 g/mol. The highest BCUT2D eigenvalue weighted by Crippen LogP contribution is 2.37. The van der Waals surface area contributed by atoms with E-state index in [2.05, 4.69) is 26.8 Å². The smallest absolute Gasteiger partial charge is 0.127 e. The second-order valence-electron chi connectivity index (χ2n) is 6.06. The van der Waals surface area contributed by atoms with Crippen LogP contribution in [0.25, 0.3) is 0 Å². The number of hydrogen-bond donors (Lipinski definition) is 0. The minimum absolute atomic E-state index is 0.391. The average Bonchev–Trinajstić information content (AvgIpc) is 2.32. The van der Waals surface area contributed by atoms with Gasteiger partial charge in [-0.15, -0.1) is 0 Å². The molecule has 1 aliphatic rings. The molecule has 0 saturated carbocycles. The van der Waals surface area contributed by atoms with E-state index in [1.54, 1.807) is 0 Å². The van der Waals surface area contributed by atoms with Gasteiger partial charge in [-0.1, -0.05) is 32.4 Å². The number of benzene rings is 1. The van der Waals surface area contributed by atoms with Crippen molar-refractivity contribution < 1.29 is 4.74 Å². The second-order valence-corrected chi connectivity index (χ2v) is 6.50. The van der Waals surface area contributed by atoms with Gasteiger partial charge in [0.25, 0.3) is 0 Å². The summed E-state index contributed by atoms with van der Waals surface area (Å²) in [4.78, 5) is 0. The van der Waals surface area contributed by atoms with Gasteiger partial charge in [-0.05, 0) is 54.5 Å². The Balaban J connectivity index is 1.96. The second kappa shape index (κ2) is 5.36. The first kappa shape index (κ1) is 13.5. The van der Waals surface area contributed by atoms with Crippen LogP contribution >= 0.6 is 11.6 Å². The Kier molecular flexibility index (Phi) is 4.01. The Labute approximate surface area is 115 Å². The first-order valence-corrected chi connectivity index (χ1v) is 6.95. The Morgan fingerprint density at radius 2 is 1.83 bits per heavy atom. The number of ether oxygens (including phenoxy) is 1. The molecular formula is C16H21ClO. The van der Waals surface area contributed by atoms with Gasteiger partial charge >= 0.3 is 0 Å². The molecule has 0 bridgehead atoms. The summed E-state index contributed by atoms with van der Waals surface area (Å²) in [5.74, 6) is 2.73. The van der Waals surface area contributed by atoms with Gasteiger partial charge < -0.3 is 4.74 Å². The molecule has 1 unspecified atom stereocenters. The average molecular weight is 265 g/mol. The van der Waals surface area contributed by atoms with E-state index in [4.69, 9.17) is 16.3 Å². The van der Waals surface area contributed by atoms with Crippen molar-refractivity contribution in [2.24, 2.45) is 11.3 Å². The summed E-state index contributed by atoms with van der Waals surface area (Å²) in [6, 6.07) is 7.55. The first-order valence-electron chi connectivity index (χ1n) is 6.57. The molecule has 0 saturated heterocycles. The van der Waals surface area contributed by atoms with Crippen LogP contribution in [0.2, 0.25) is 5.02 Å². The molecule has 0 aromatic heterocycles. The lowest BCUT2D eigenvalue weighted by atomic mass is 9.74. The normalized spacial score (nSPS) is 20.4. The third kappa shape index (κ3) is 3.52. The zero-order valence-electron chi connectivity index (χ0n) is 11.4. The van der Waals surface area contributed by atoms with Crippen molar-refractivity contribution in [1.29, 1.82) is 0 Å². The molecule has 2 rings (SSSR count). The van der Waals surface area contributed by atoms with E-state index in [0.29, 0.717) is 5.41 Å². The fourth-order valence-corrected chi connectivity index (χ4v) is 2.47. The molecule has 18 heavy (non-hydrogen) atoms. The minimum atomic E-state index is 0.391. The molecule has 0 spiro atoms. The Bertz CT molecular complexity index is 425. The molecule has 1 aromatic rings. The van der Waals surface area contributed by atoms with Crippen LogP contribution in [0.15, 0.2) is 36.1 Å². The molecule has 1 aliphatic carbocycles. The maximum absolute atomic E-state index is 5.87. The number of allylic oxidation sites excluding steroid dienone is 2. The van der Waals surface area contributed by atoms with Crippen LogP contribution in [-0.2, 0) is 0 Å². The molecule has 0 N–H and O–H groups in total. The Morgan fingerprint density at radius 1 is 1.17 bits per heavy atom. The highest BCUT2D eigenvalue weighted by molar-refractivity contribution is 6.30. The fraction of sp³-hybridized carbons (Fsp3) is 0.500. The summed E-state index contributed by atoms with van der Waals surface area (Å²) < 4.78 is 5.87. The molecular weight excluding hydrogens is 244 g/mol. The van der Waals surface area contributed by atoms with Gasteiger partial charge in [0.05, 0.1) is 0 Å². The zero-order chi connectivity index (χ0) is 13.2. The SMILES string of the molecule is CC(C)(C)C1CC=C(Oc2ccc(Cl)cc2)CC1. The van der Waals surface area contributed by atoms with E-state index in [1.165, 1.54) is 6.42 Å². The van der Waals surface area contributed by atoms with Crippen LogP contribution in [0, 0.1) is 11.3 Å². The van der Waals surface area contributed by atoms with Crippen molar-refractivity contribution in [3.05, 3.63) is 41.1 Å². The van der Waals surface area contributed by atoms with Crippen molar-refractivity contribution in [2.75, 3.05) is 0 Å². The van der Waals surface area contributed by atoms with Gasteiger partial charge in [0, 0.05) is 11.4 Å². The van der Waals surface area contributed by atoms with Gasteiger partial charge in [-0.25, -0.2) is 0 Å². The predicted molar refractivity (Wildman–Crippen MR) is 77.0 cm³/mol. The molecule has 0 fully saturated rings. The van der Waals surface area contributed by atoms with Gasteiger partial charge in [-0.2, -0.15) is 0 Å². The molecule has 0 heterocycles. The molecule has 98 valence electrons. The third-order valence-corrected chi connectivity index (χ3v) is 3.91. The van der Waals surface area contributed by atoms with E-state index in [0.717, 1.165) is 35.3 Å². The molecule has 0 radical (unpaired) electrons. The highest BCUT2D eigenvalue weighted by atomic mass is 35.5. The van der Waals surface area contributed by atoms with Gasteiger partial charge in [0.15, 0.2) is 0 Å². The molecule has 1 nitrogen and oxygen atoms in total. The largest absolute Gasteiger partial charge is 0.462 e. The van der Waals surface area contributed by atoms with E-state index in [1.807, 2.05) is 24.3 Å². The predicted octanol–water partition coefficient (Wildman–Crippen LogP) is 5.45. The molecule has 0 aliphatic heterocycles. The van der Waals surface area contributed by atoms with Crippen LogP contribution in [-0.4, -0.2) is 0 Å². The van der Waals surface area contributed by atoms with Crippen LogP contribution < -0.4 is 4.74 Å². The zero-order valence-corrected chi connectivity index (χ0v) is 12.1. The molecule has 0 amide bonds. The van der Waals surface area contributed by atoms with Gasteiger partial charge in [0.1, 0.15) is 11.5 Å². The number of hydrogen-bond acceptors (Lipinski definition) is 1. The van der Waals surface area contributed by atoms with Crippen molar-refractivity contribution >= 4 is 11.6 Å². The lowest BCUT2D eigenvalue weighted by Crippen LogP contribution is -2.22. The van der Waals surface area contributed by atoms with E-state index >= 15 is 0 Å². The Morgan fingerprint density at radius 3 is 2.33 bits per heavy atom. The molecule has 1 aromatic carbocycles. The Hall–Kier alpha value is -0.950. The van der Waals surface area contributed by atoms with Crippen molar-refractivity contribution in [3.63, 3.8) is 0 Å². The highest BCUT2D eigenvalue weighted by Gasteiger charge is 2.26. The topological polar surface area (TPSA) is 9.23 Å².